The van der Waals surface area contributed by atoms with Crippen LogP contribution < -0.4 is 0 Å². The quantitative estimate of drug-likeness (QED) is 0.494. The van der Waals surface area contributed by atoms with Gasteiger partial charge in [0.05, 0.1) is 6.26 Å². The van der Waals surface area contributed by atoms with Crippen molar-refractivity contribution in [2.45, 2.75) is 39.3 Å². The number of furan rings is 1. The first kappa shape index (κ1) is 16.4. The fraction of sp³-hybridized carbons (Fsp3) is 0.316. The molecular weight excluding hydrogens is 334 g/mol. The topological polar surface area (TPSA) is 83.3 Å². The molecule has 0 radical (unpaired) electrons. The highest BCUT2D eigenvalue weighted by Gasteiger charge is 2.26. The Morgan fingerprint density at radius 1 is 1.38 bits per heavy atom. The number of hydrogen-bond donors (Lipinski definition) is 0. The van der Waals surface area contributed by atoms with Gasteiger partial charge in [0.1, 0.15) is 0 Å². The number of nitrogens with zero attached hydrogens (tertiary/aromatic N) is 3. The second-order valence-corrected chi connectivity index (χ2v) is 6.35. The lowest BCUT2D eigenvalue weighted by atomic mass is 10.2. The van der Waals surface area contributed by atoms with Crippen LogP contribution >= 0.6 is 0 Å². The van der Waals surface area contributed by atoms with Gasteiger partial charge in [-0.2, -0.15) is 0 Å². The summed E-state index contributed by atoms with van der Waals surface area (Å²) >= 11 is 0. The zero-order valence-electron chi connectivity index (χ0n) is 14.6. The molecule has 134 valence electrons. The minimum Gasteiger partial charge on any atom is -0.459 e. The van der Waals surface area contributed by atoms with Crippen LogP contribution in [-0.2, 0) is 16.1 Å². The van der Waals surface area contributed by atoms with E-state index in [0.29, 0.717) is 11.8 Å². The Labute approximate surface area is 150 Å². The lowest BCUT2D eigenvalue weighted by molar-refractivity contribution is -0.139. The Morgan fingerprint density at radius 3 is 2.96 bits per heavy atom. The van der Waals surface area contributed by atoms with Crippen LogP contribution in [0.2, 0.25) is 0 Å². The first-order valence-corrected chi connectivity index (χ1v) is 8.51. The standard InChI is InChI=1S/C19H19N3O4/c1-12-10-14(13(2)22(12)15-6-7-15)5-8-18(23)25-11-17-20-21-19(26-17)16-4-3-9-24-16/h3-5,8-10,15H,6-7,11H2,1-2H3/b8-5+. The Bertz CT molecular complexity index is 946. The predicted octanol–water partition coefficient (Wildman–Crippen LogP) is 3.84. The molecule has 0 amide bonds. The van der Waals surface area contributed by atoms with Gasteiger partial charge in [0, 0.05) is 23.5 Å². The zero-order chi connectivity index (χ0) is 18.1. The lowest BCUT2D eigenvalue weighted by Gasteiger charge is -2.06. The van der Waals surface area contributed by atoms with Gasteiger partial charge in [0.25, 0.3) is 11.8 Å². The van der Waals surface area contributed by atoms with Gasteiger partial charge in [-0.3, -0.25) is 0 Å². The summed E-state index contributed by atoms with van der Waals surface area (Å²) in [4.78, 5) is 12.0. The molecule has 0 aliphatic heterocycles. The van der Waals surface area contributed by atoms with Gasteiger partial charge in [-0.25, -0.2) is 4.79 Å². The number of ether oxygens (including phenoxy) is 1. The van der Waals surface area contributed by atoms with Gasteiger partial charge < -0.3 is 18.1 Å². The van der Waals surface area contributed by atoms with Crippen molar-refractivity contribution >= 4 is 12.0 Å². The van der Waals surface area contributed by atoms with Gasteiger partial charge in [-0.1, -0.05) is 0 Å². The molecule has 4 rings (SSSR count). The van der Waals surface area contributed by atoms with E-state index < -0.39 is 5.97 Å². The van der Waals surface area contributed by atoms with Crippen molar-refractivity contribution < 1.29 is 18.4 Å². The van der Waals surface area contributed by atoms with Crippen molar-refractivity contribution in [3.05, 3.63) is 53.4 Å². The highest BCUT2D eigenvalue weighted by Crippen LogP contribution is 2.38. The maximum atomic E-state index is 12.0. The fourth-order valence-corrected chi connectivity index (χ4v) is 3.02. The van der Waals surface area contributed by atoms with Crippen LogP contribution in [0.15, 0.2) is 39.4 Å². The normalized spacial score (nSPS) is 14.2. The lowest BCUT2D eigenvalue weighted by Crippen LogP contribution is -2.01. The highest BCUT2D eigenvalue weighted by atomic mass is 16.5. The Morgan fingerprint density at radius 2 is 2.23 bits per heavy atom. The molecule has 0 unspecified atom stereocenters. The van der Waals surface area contributed by atoms with Crippen molar-refractivity contribution in [2.24, 2.45) is 0 Å². The van der Waals surface area contributed by atoms with Crippen LogP contribution in [0, 0.1) is 13.8 Å². The minimum atomic E-state index is -0.459. The van der Waals surface area contributed by atoms with Gasteiger partial charge >= 0.3 is 5.97 Å². The summed E-state index contributed by atoms with van der Waals surface area (Å²) in [7, 11) is 0. The SMILES string of the molecule is Cc1cc(/C=C/C(=O)OCc2nnc(-c3ccco3)o2)c(C)n1C1CC1. The number of aryl methyl sites for hydroxylation is 1. The number of hydrogen-bond acceptors (Lipinski definition) is 6. The molecule has 7 heteroatoms. The number of carbonyl (C=O) groups is 1. The van der Waals surface area contributed by atoms with Crippen molar-refractivity contribution in [1.82, 2.24) is 14.8 Å². The highest BCUT2D eigenvalue weighted by molar-refractivity contribution is 5.87. The second-order valence-electron chi connectivity index (χ2n) is 6.35. The van der Waals surface area contributed by atoms with E-state index >= 15 is 0 Å². The molecule has 0 spiro atoms. The summed E-state index contributed by atoms with van der Waals surface area (Å²) in [6.07, 6.45) is 7.18. The number of aromatic nitrogens is 3. The molecule has 0 saturated heterocycles. The van der Waals surface area contributed by atoms with E-state index in [0.717, 1.165) is 5.56 Å². The van der Waals surface area contributed by atoms with E-state index in [2.05, 4.69) is 34.7 Å². The number of esters is 1. The van der Waals surface area contributed by atoms with Crippen molar-refractivity contribution in [3.63, 3.8) is 0 Å². The maximum Gasteiger partial charge on any atom is 0.331 e. The molecule has 0 atom stereocenters. The first-order chi connectivity index (χ1) is 12.6. The summed E-state index contributed by atoms with van der Waals surface area (Å²) in [5, 5.41) is 7.69. The van der Waals surface area contributed by atoms with E-state index in [4.69, 9.17) is 13.6 Å². The Hall–Kier alpha value is -3.09. The minimum absolute atomic E-state index is 0.0853. The van der Waals surface area contributed by atoms with Gasteiger partial charge in [0.2, 0.25) is 0 Å². The molecule has 1 saturated carbocycles. The molecular formula is C19H19N3O4. The third-order valence-corrected chi connectivity index (χ3v) is 4.37. The van der Waals surface area contributed by atoms with Gasteiger partial charge in [0.15, 0.2) is 12.4 Å². The fourth-order valence-electron chi connectivity index (χ4n) is 3.02. The van der Waals surface area contributed by atoms with Crippen LogP contribution in [-0.4, -0.2) is 20.7 Å². The third kappa shape index (κ3) is 3.33. The maximum absolute atomic E-state index is 12.0. The van der Waals surface area contributed by atoms with E-state index in [-0.39, 0.29) is 18.4 Å². The summed E-state index contributed by atoms with van der Waals surface area (Å²) in [5.41, 5.74) is 3.42. The van der Waals surface area contributed by atoms with E-state index in [9.17, 15) is 4.79 Å². The molecule has 3 aromatic rings. The Kier molecular flexibility index (Phi) is 4.20. The third-order valence-electron chi connectivity index (χ3n) is 4.37. The van der Waals surface area contributed by atoms with Crippen molar-refractivity contribution in [1.29, 1.82) is 0 Å². The number of rotatable bonds is 6. The molecule has 0 aromatic carbocycles. The smallest absolute Gasteiger partial charge is 0.331 e. The summed E-state index contributed by atoms with van der Waals surface area (Å²) < 4.78 is 18.1. The van der Waals surface area contributed by atoms with Crippen LogP contribution in [0.5, 0.6) is 0 Å². The monoisotopic (exact) mass is 353 g/mol. The molecule has 7 nitrogen and oxygen atoms in total. The predicted molar refractivity (Wildman–Crippen MR) is 93.0 cm³/mol. The van der Waals surface area contributed by atoms with E-state index in [1.54, 1.807) is 18.2 Å². The van der Waals surface area contributed by atoms with Crippen LogP contribution in [0.4, 0.5) is 0 Å². The molecule has 1 aliphatic rings. The summed E-state index contributed by atoms with van der Waals surface area (Å²) in [6, 6.07) is 6.14. The van der Waals surface area contributed by atoms with Gasteiger partial charge in [-0.15, -0.1) is 10.2 Å². The summed E-state index contributed by atoms with van der Waals surface area (Å²) in [5.74, 6) is 0.481. The second kappa shape index (κ2) is 6.67. The average molecular weight is 353 g/mol. The van der Waals surface area contributed by atoms with Gasteiger partial charge in [-0.05, 0) is 56.5 Å². The van der Waals surface area contributed by atoms with Crippen LogP contribution in [0.1, 0.15) is 41.7 Å². The van der Waals surface area contributed by atoms with Crippen LogP contribution in [0.3, 0.4) is 0 Å². The zero-order valence-corrected chi connectivity index (χ0v) is 14.6. The largest absolute Gasteiger partial charge is 0.459 e. The Balaban J connectivity index is 1.36. The molecule has 26 heavy (non-hydrogen) atoms. The summed E-state index contributed by atoms with van der Waals surface area (Å²) in [6.45, 7) is 4.08. The molecule has 3 heterocycles. The van der Waals surface area contributed by atoms with Crippen molar-refractivity contribution in [2.75, 3.05) is 0 Å². The molecule has 1 fully saturated rings. The molecule has 0 N–H and O–H groups in total. The average Bonchev–Trinajstić information content (AvgIpc) is 3.03. The van der Waals surface area contributed by atoms with E-state index in [1.807, 2.05) is 0 Å². The molecule has 0 bridgehead atoms. The number of carbonyl (C=O) groups excluding carboxylic acids is 1. The van der Waals surface area contributed by atoms with E-state index in [1.165, 1.54) is 36.6 Å². The molecule has 1 aliphatic carbocycles. The van der Waals surface area contributed by atoms with Crippen LogP contribution in [0.25, 0.3) is 17.7 Å². The van der Waals surface area contributed by atoms with Crippen molar-refractivity contribution in [3.8, 4) is 11.7 Å². The molecule has 3 aromatic heterocycles. The first-order valence-electron chi connectivity index (χ1n) is 8.51.